The fourth-order valence-electron chi connectivity index (χ4n) is 0.734. The van der Waals surface area contributed by atoms with E-state index in [9.17, 15) is 0 Å². The zero-order chi connectivity index (χ0) is 8.10. The van der Waals surface area contributed by atoms with Crippen LogP contribution >= 0.6 is 12.4 Å². The third-order valence-electron chi connectivity index (χ3n) is 1.23. The molecule has 0 fully saturated rings. The van der Waals surface area contributed by atoms with Crippen molar-refractivity contribution in [3.8, 4) is 5.75 Å². The molecule has 0 amide bonds. The SMILES string of the molecule is CC(O)COc1ccccc1.Cl. The van der Waals surface area contributed by atoms with Gasteiger partial charge < -0.3 is 9.84 Å². The van der Waals surface area contributed by atoms with Gasteiger partial charge in [0.05, 0.1) is 6.10 Å². The maximum absolute atomic E-state index is 8.89. The molecule has 3 heteroatoms. The third kappa shape index (κ3) is 4.21. The molecule has 1 rings (SSSR count). The van der Waals surface area contributed by atoms with Gasteiger partial charge in [-0.3, -0.25) is 0 Å². The zero-order valence-corrected chi connectivity index (χ0v) is 7.75. The Morgan fingerprint density at radius 3 is 2.42 bits per heavy atom. The Morgan fingerprint density at radius 2 is 1.92 bits per heavy atom. The second-order valence-electron chi connectivity index (χ2n) is 2.47. The predicted molar refractivity (Wildman–Crippen MR) is 50.9 cm³/mol. The number of para-hydroxylation sites is 1. The van der Waals surface area contributed by atoms with Crippen molar-refractivity contribution in [1.82, 2.24) is 0 Å². The molecule has 0 spiro atoms. The fourth-order valence-corrected chi connectivity index (χ4v) is 0.734. The summed E-state index contributed by atoms with van der Waals surface area (Å²) in [5.41, 5.74) is 0. The van der Waals surface area contributed by atoms with Gasteiger partial charge in [0.15, 0.2) is 0 Å². The highest BCUT2D eigenvalue weighted by Gasteiger charge is 1.95. The average molecular weight is 189 g/mol. The molecular weight excluding hydrogens is 176 g/mol. The molecular formula is C9H13ClO2. The predicted octanol–water partition coefficient (Wildman–Crippen LogP) is 1.87. The summed E-state index contributed by atoms with van der Waals surface area (Å²) in [4.78, 5) is 0. The standard InChI is InChI=1S/C9H12O2.ClH/c1-8(10)7-11-9-5-3-2-4-6-9;/h2-6,8,10H,7H2,1H3;1H. The van der Waals surface area contributed by atoms with Crippen LogP contribution in [0.15, 0.2) is 30.3 Å². The lowest BCUT2D eigenvalue weighted by Gasteiger charge is -2.06. The molecule has 68 valence electrons. The summed E-state index contributed by atoms with van der Waals surface area (Å²) < 4.78 is 5.22. The van der Waals surface area contributed by atoms with Crippen molar-refractivity contribution in [1.29, 1.82) is 0 Å². The van der Waals surface area contributed by atoms with Crippen molar-refractivity contribution in [3.05, 3.63) is 30.3 Å². The van der Waals surface area contributed by atoms with Crippen LogP contribution in [0, 0.1) is 0 Å². The van der Waals surface area contributed by atoms with E-state index in [1.807, 2.05) is 30.3 Å². The van der Waals surface area contributed by atoms with Crippen LogP contribution in [-0.4, -0.2) is 17.8 Å². The Labute approximate surface area is 78.6 Å². The lowest BCUT2D eigenvalue weighted by atomic mass is 10.3. The lowest BCUT2D eigenvalue weighted by Crippen LogP contribution is -2.12. The molecule has 0 saturated carbocycles. The van der Waals surface area contributed by atoms with Gasteiger partial charge in [-0.05, 0) is 19.1 Å². The van der Waals surface area contributed by atoms with Crippen LogP contribution < -0.4 is 4.74 Å². The molecule has 1 atom stereocenters. The van der Waals surface area contributed by atoms with Gasteiger partial charge in [-0.25, -0.2) is 0 Å². The molecule has 0 radical (unpaired) electrons. The molecule has 0 aliphatic rings. The highest BCUT2D eigenvalue weighted by molar-refractivity contribution is 5.85. The summed E-state index contributed by atoms with van der Waals surface area (Å²) in [5, 5.41) is 8.89. The Balaban J connectivity index is 0.00000121. The third-order valence-corrected chi connectivity index (χ3v) is 1.23. The molecule has 0 heterocycles. The summed E-state index contributed by atoms with van der Waals surface area (Å²) in [7, 11) is 0. The van der Waals surface area contributed by atoms with E-state index >= 15 is 0 Å². The average Bonchev–Trinajstić information content (AvgIpc) is 2.03. The molecule has 0 saturated heterocycles. The molecule has 2 nitrogen and oxygen atoms in total. The molecule has 0 aliphatic heterocycles. The Hall–Kier alpha value is -0.730. The lowest BCUT2D eigenvalue weighted by molar-refractivity contribution is 0.123. The number of hydrogen-bond acceptors (Lipinski definition) is 2. The van der Waals surface area contributed by atoms with Gasteiger partial charge >= 0.3 is 0 Å². The Morgan fingerprint density at radius 1 is 1.33 bits per heavy atom. The maximum atomic E-state index is 8.89. The van der Waals surface area contributed by atoms with Crippen LogP contribution in [0.1, 0.15) is 6.92 Å². The first-order valence-electron chi connectivity index (χ1n) is 3.65. The van der Waals surface area contributed by atoms with E-state index in [1.165, 1.54) is 0 Å². The van der Waals surface area contributed by atoms with Crippen LogP contribution in [0.4, 0.5) is 0 Å². The van der Waals surface area contributed by atoms with Crippen molar-refractivity contribution in [2.24, 2.45) is 0 Å². The minimum atomic E-state index is -0.407. The number of rotatable bonds is 3. The Kier molecular flexibility index (Phi) is 5.51. The number of halogens is 1. The highest BCUT2D eigenvalue weighted by atomic mass is 35.5. The molecule has 0 aromatic heterocycles. The first kappa shape index (κ1) is 11.3. The van der Waals surface area contributed by atoms with Gasteiger partial charge in [0.1, 0.15) is 12.4 Å². The minimum absolute atomic E-state index is 0. The first-order chi connectivity index (χ1) is 5.29. The van der Waals surface area contributed by atoms with E-state index < -0.39 is 6.10 Å². The van der Waals surface area contributed by atoms with Crippen LogP contribution in [0.3, 0.4) is 0 Å². The molecule has 0 aliphatic carbocycles. The van der Waals surface area contributed by atoms with Crippen LogP contribution in [-0.2, 0) is 0 Å². The number of aliphatic hydroxyl groups is 1. The van der Waals surface area contributed by atoms with Gasteiger partial charge in [-0.15, -0.1) is 12.4 Å². The largest absolute Gasteiger partial charge is 0.491 e. The van der Waals surface area contributed by atoms with Crippen molar-refractivity contribution in [3.63, 3.8) is 0 Å². The van der Waals surface area contributed by atoms with Gasteiger partial charge in [0, 0.05) is 0 Å². The monoisotopic (exact) mass is 188 g/mol. The minimum Gasteiger partial charge on any atom is -0.491 e. The summed E-state index contributed by atoms with van der Waals surface area (Å²) >= 11 is 0. The van der Waals surface area contributed by atoms with Crippen molar-refractivity contribution < 1.29 is 9.84 Å². The van der Waals surface area contributed by atoms with E-state index in [4.69, 9.17) is 9.84 Å². The maximum Gasteiger partial charge on any atom is 0.119 e. The number of benzene rings is 1. The quantitative estimate of drug-likeness (QED) is 0.785. The zero-order valence-electron chi connectivity index (χ0n) is 6.93. The molecule has 1 N–H and O–H groups in total. The topological polar surface area (TPSA) is 29.5 Å². The highest BCUT2D eigenvalue weighted by Crippen LogP contribution is 2.07. The molecule has 12 heavy (non-hydrogen) atoms. The normalized spacial score (nSPS) is 11.5. The van der Waals surface area contributed by atoms with E-state index in [2.05, 4.69) is 0 Å². The Bertz CT molecular complexity index is 199. The van der Waals surface area contributed by atoms with Gasteiger partial charge in [-0.1, -0.05) is 18.2 Å². The van der Waals surface area contributed by atoms with Crippen LogP contribution in [0.5, 0.6) is 5.75 Å². The first-order valence-corrected chi connectivity index (χ1v) is 3.65. The smallest absolute Gasteiger partial charge is 0.119 e. The molecule has 1 aromatic carbocycles. The summed E-state index contributed by atoms with van der Waals surface area (Å²) in [5.74, 6) is 0.799. The number of hydrogen-bond donors (Lipinski definition) is 1. The molecule has 0 bridgehead atoms. The summed E-state index contributed by atoms with van der Waals surface area (Å²) in [6.45, 7) is 2.05. The van der Waals surface area contributed by atoms with E-state index in [0.717, 1.165) is 5.75 Å². The number of aliphatic hydroxyl groups excluding tert-OH is 1. The van der Waals surface area contributed by atoms with E-state index in [0.29, 0.717) is 6.61 Å². The summed E-state index contributed by atoms with van der Waals surface area (Å²) in [6.07, 6.45) is -0.407. The molecule has 1 unspecified atom stereocenters. The van der Waals surface area contributed by atoms with Crippen molar-refractivity contribution >= 4 is 12.4 Å². The van der Waals surface area contributed by atoms with Crippen LogP contribution in [0.25, 0.3) is 0 Å². The second-order valence-corrected chi connectivity index (χ2v) is 2.47. The van der Waals surface area contributed by atoms with Gasteiger partial charge in [0.2, 0.25) is 0 Å². The fraction of sp³-hybridized carbons (Fsp3) is 0.333. The number of ether oxygens (including phenoxy) is 1. The van der Waals surface area contributed by atoms with Crippen molar-refractivity contribution in [2.45, 2.75) is 13.0 Å². The molecule has 1 aromatic rings. The summed E-state index contributed by atoms with van der Waals surface area (Å²) in [6, 6.07) is 9.45. The van der Waals surface area contributed by atoms with Gasteiger partial charge in [-0.2, -0.15) is 0 Å². The van der Waals surface area contributed by atoms with Crippen molar-refractivity contribution in [2.75, 3.05) is 6.61 Å². The van der Waals surface area contributed by atoms with Gasteiger partial charge in [0.25, 0.3) is 0 Å². The van der Waals surface area contributed by atoms with Crippen LogP contribution in [0.2, 0.25) is 0 Å². The second kappa shape index (κ2) is 5.86. The van der Waals surface area contributed by atoms with E-state index in [1.54, 1.807) is 6.92 Å². The van der Waals surface area contributed by atoms with E-state index in [-0.39, 0.29) is 12.4 Å².